The van der Waals surface area contributed by atoms with E-state index < -0.39 is 0 Å². The zero-order valence-corrected chi connectivity index (χ0v) is 12.0. The molecular formula is C17H16N2O2. The van der Waals surface area contributed by atoms with Crippen LogP contribution in [0.25, 0.3) is 22.4 Å². The average molecular weight is 280 g/mol. The topological polar surface area (TPSA) is 69.1 Å². The summed E-state index contributed by atoms with van der Waals surface area (Å²) in [6.45, 7) is 3.82. The molecule has 2 heterocycles. The van der Waals surface area contributed by atoms with Crippen molar-refractivity contribution in [2.24, 2.45) is 5.73 Å². The van der Waals surface area contributed by atoms with Crippen molar-refractivity contribution >= 4 is 11.0 Å². The summed E-state index contributed by atoms with van der Waals surface area (Å²) < 4.78 is 5.93. The summed E-state index contributed by atoms with van der Waals surface area (Å²) in [6, 6.07) is 10.5. The zero-order chi connectivity index (χ0) is 15.0. The van der Waals surface area contributed by atoms with Gasteiger partial charge < -0.3 is 10.2 Å². The van der Waals surface area contributed by atoms with Gasteiger partial charge in [0.2, 0.25) is 0 Å². The van der Waals surface area contributed by atoms with Crippen molar-refractivity contribution in [3.8, 4) is 11.5 Å². The summed E-state index contributed by atoms with van der Waals surface area (Å²) in [6.07, 6.45) is 1.67. The van der Waals surface area contributed by atoms with Gasteiger partial charge in [0, 0.05) is 23.9 Å². The maximum absolute atomic E-state index is 12.4. The van der Waals surface area contributed by atoms with Gasteiger partial charge in [-0.25, -0.2) is 0 Å². The molecule has 2 aromatic heterocycles. The van der Waals surface area contributed by atoms with Gasteiger partial charge >= 0.3 is 0 Å². The van der Waals surface area contributed by atoms with Gasteiger partial charge in [-0.3, -0.25) is 9.78 Å². The summed E-state index contributed by atoms with van der Waals surface area (Å²) in [5.74, 6) is 0.457. The van der Waals surface area contributed by atoms with E-state index in [0.717, 1.165) is 11.1 Å². The molecule has 0 unspecified atom stereocenters. The first-order valence-electron chi connectivity index (χ1n) is 6.81. The Labute approximate surface area is 122 Å². The molecule has 0 aliphatic heterocycles. The molecule has 0 amide bonds. The molecule has 1 aromatic carbocycles. The Balaban J connectivity index is 2.35. The Morgan fingerprint density at radius 2 is 2.05 bits per heavy atom. The number of pyridine rings is 1. The van der Waals surface area contributed by atoms with Gasteiger partial charge in [0.05, 0.1) is 5.39 Å². The first-order chi connectivity index (χ1) is 10.1. The van der Waals surface area contributed by atoms with Gasteiger partial charge in [0.15, 0.2) is 11.2 Å². The quantitative estimate of drug-likeness (QED) is 0.782. The molecule has 3 rings (SSSR count). The van der Waals surface area contributed by atoms with Gasteiger partial charge in [-0.2, -0.15) is 0 Å². The van der Waals surface area contributed by atoms with Crippen LogP contribution in [0.1, 0.15) is 24.1 Å². The normalized spacial score (nSPS) is 12.5. The van der Waals surface area contributed by atoms with E-state index in [2.05, 4.69) is 4.98 Å². The summed E-state index contributed by atoms with van der Waals surface area (Å²) in [5, 5.41) is 0.557. The molecule has 0 aliphatic rings. The summed E-state index contributed by atoms with van der Waals surface area (Å²) in [4.78, 5) is 16.6. The van der Waals surface area contributed by atoms with Crippen molar-refractivity contribution in [3.63, 3.8) is 0 Å². The zero-order valence-electron chi connectivity index (χ0n) is 12.0. The number of hydrogen-bond acceptors (Lipinski definition) is 4. The second-order valence-corrected chi connectivity index (χ2v) is 5.21. The SMILES string of the molecule is Cc1cc([C@@H](C)N)c2oc(-c3ccccn3)cc(=O)c2c1. The van der Waals surface area contributed by atoms with E-state index in [4.69, 9.17) is 10.2 Å². The van der Waals surface area contributed by atoms with Crippen LogP contribution in [0, 0.1) is 6.92 Å². The lowest BCUT2D eigenvalue weighted by Gasteiger charge is -2.11. The second kappa shape index (κ2) is 5.14. The Hall–Kier alpha value is -2.46. The molecule has 0 radical (unpaired) electrons. The highest BCUT2D eigenvalue weighted by atomic mass is 16.3. The fraction of sp³-hybridized carbons (Fsp3) is 0.176. The molecule has 0 saturated carbocycles. The number of hydrogen-bond donors (Lipinski definition) is 1. The molecule has 0 saturated heterocycles. The lowest BCUT2D eigenvalue weighted by atomic mass is 10.0. The maximum atomic E-state index is 12.4. The minimum Gasteiger partial charge on any atom is -0.454 e. The number of aromatic nitrogens is 1. The van der Waals surface area contributed by atoms with Crippen molar-refractivity contribution in [2.75, 3.05) is 0 Å². The Bertz CT molecular complexity index is 852. The molecule has 0 aliphatic carbocycles. The summed E-state index contributed by atoms with van der Waals surface area (Å²) in [5.41, 5.74) is 8.93. The van der Waals surface area contributed by atoms with Crippen LogP contribution in [-0.4, -0.2) is 4.98 Å². The lowest BCUT2D eigenvalue weighted by molar-refractivity contribution is 0.605. The molecule has 21 heavy (non-hydrogen) atoms. The molecular weight excluding hydrogens is 264 g/mol. The molecule has 4 nitrogen and oxygen atoms in total. The number of aryl methyl sites for hydroxylation is 1. The molecule has 4 heteroatoms. The predicted octanol–water partition coefficient (Wildman–Crippen LogP) is 3.18. The fourth-order valence-electron chi connectivity index (χ4n) is 2.41. The van der Waals surface area contributed by atoms with Crippen LogP contribution in [-0.2, 0) is 0 Å². The number of fused-ring (bicyclic) bond motifs is 1. The molecule has 2 N–H and O–H groups in total. The van der Waals surface area contributed by atoms with Gasteiger partial charge in [-0.05, 0) is 37.6 Å². The molecule has 0 fully saturated rings. The van der Waals surface area contributed by atoms with Crippen molar-refractivity contribution < 1.29 is 4.42 Å². The van der Waals surface area contributed by atoms with Crippen molar-refractivity contribution in [3.05, 3.63) is 63.9 Å². The van der Waals surface area contributed by atoms with Gasteiger partial charge in [0.1, 0.15) is 11.3 Å². The Morgan fingerprint density at radius 3 is 2.71 bits per heavy atom. The third-order valence-corrected chi connectivity index (χ3v) is 3.41. The van der Waals surface area contributed by atoms with Crippen molar-refractivity contribution in [1.82, 2.24) is 4.98 Å². The van der Waals surface area contributed by atoms with Gasteiger partial charge in [-0.15, -0.1) is 0 Å². The number of nitrogens with two attached hydrogens (primary N) is 1. The highest BCUT2D eigenvalue weighted by molar-refractivity contribution is 5.82. The van der Waals surface area contributed by atoms with Crippen LogP contribution in [0.2, 0.25) is 0 Å². The number of nitrogens with zero attached hydrogens (tertiary/aromatic N) is 1. The minimum atomic E-state index is -0.213. The monoisotopic (exact) mass is 280 g/mol. The second-order valence-electron chi connectivity index (χ2n) is 5.21. The highest BCUT2D eigenvalue weighted by Crippen LogP contribution is 2.27. The van der Waals surface area contributed by atoms with E-state index in [1.807, 2.05) is 44.2 Å². The van der Waals surface area contributed by atoms with Crippen LogP contribution in [0.4, 0.5) is 0 Å². The third kappa shape index (κ3) is 2.45. The number of benzene rings is 1. The van der Waals surface area contributed by atoms with Crippen LogP contribution in [0.3, 0.4) is 0 Å². The third-order valence-electron chi connectivity index (χ3n) is 3.41. The van der Waals surface area contributed by atoms with Crippen LogP contribution in [0.15, 0.2) is 51.8 Å². The molecule has 0 spiro atoms. The van der Waals surface area contributed by atoms with E-state index in [-0.39, 0.29) is 11.5 Å². The minimum absolute atomic E-state index is 0.0810. The largest absolute Gasteiger partial charge is 0.454 e. The van der Waals surface area contributed by atoms with Crippen LogP contribution >= 0.6 is 0 Å². The van der Waals surface area contributed by atoms with Crippen molar-refractivity contribution in [2.45, 2.75) is 19.9 Å². The van der Waals surface area contributed by atoms with Crippen molar-refractivity contribution in [1.29, 1.82) is 0 Å². The average Bonchev–Trinajstić information content (AvgIpc) is 2.48. The van der Waals surface area contributed by atoms with E-state index in [1.54, 1.807) is 6.20 Å². The van der Waals surface area contributed by atoms with E-state index in [0.29, 0.717) is 22.4 Å². The molecule has 106 valence electrons. The predicted molar refractivity (Wildman–Crippen MR) is 83.1 cm³/mol. The molecule has 0 bridgehead atoms. The molecule has 1 atom stereocenters. The Kier molecular flexibility index (Phi) is 3.31. The summed E-state index contributed by atoms with van der Waals surface area (Å²) in [7, 11) is 0. The highest BCUT2D eigenvalue weighted by Gasteiger charge is 2.14. The van der Waals surface area contributed by atoms with E-state index >= 15 is 0 Å². The first-order valence-corrected chi connectivity index (χ1v) is 6.81. The lowest BCUT2D eigenvalue weighted by Crippen LogP contribution is -2.09. The smallest absolute Gasteiger partial charge is 0.193 e. The van der Waals surface area contributed by atoms with E-state index in [1.165, 1.54) is 6.07 Å². The summed E-state index contributed by atoms with van der Waals surface area (Å²) >= 11 is 0. The standard InChI is InChI=1S/C17H16N2O2/c1-10-7-12(11(2)18)17-13(8-10)15(20)9-16(21-17)14-5-3-4-6-19-14/h3-9,11H,18H2,1-2H3/t11-/m1/s1. The van der Waals surface area contributed by atoms with Gasteiger partial charge in [0.25, 0.3) is 0 Å². The number of rotatable bonds is 2. The van der Waals surface area contributed by atoms with Crippen LogP contribution in [0.5, 0.6) is 0 Å². The Morgan fingerprint density at radius 1 is 1.24 bits per heavy atom. The maximum Gasteiger partial charge on any atom is 0.193 e. The first kappa shape index (κ1) is 13.5. The van der Waals surface area contributed by atoms with E-state index in [9.17, 15) is 4.79 Å². The van der Waals surface area contributed by atoms with Gasteiger partial charge in [-0.1, -0.05) is 12.1 Å². The fourth-order valence-corrected chi connectivity index (χ4v) is 2.41. The molecule has 3 aromatic rings. The van der Waals surface area contributed by atoms with Crippen LogP contribution < -0.4 is 11.2 Å².